The first-order chi connectivity index (χ1) is 16.8. The number of nitrogens with zero attached hydrogens (tertiary/aromatic N) is 6. The number of fused-ring (bicyclic) bond motifs is 1. The van der Waals surface area contributed by atoms with E-state index in [0.717, 1.165) is 29.0 Å². The fraction of sp³-hybridized carbons (Fsp3) is 0.333. The van der Waals surface area contributed by atoms with E-state index in [1.807, 2.05) is 26.0 Å². The molecule has 1 aliphatic carbocycles. The molecule has 2 N–H and O–H groups in total. The topological polar surface area (TPSA) is 142 Å². The first-order valence-electron chi connectivity index (χ1n) is 11.3. The molecule has 0 saturated heterocycles. The van der Waals surface area contributed by atoms with Gasteiger partial charge in [0.2, 0.25) is 5.88 Å². The number of hydrogen-bond donors (Lipinski definition) is 2. The minimum atomic E-state index is -1.05. The summed E-state index contributed by atoms with van der Waals surface area (Å²) in [6, 6.07) is 7.15. The minimum Gasteiger partial charge on any atom is -0.612 e. The predicted molar refractivity (Wildman–Crippen MR) is 133 cm³/mol. The van der Waals surface area contributed by atoms with E-state index in [-0.39, 0.29) is 35.0 Å². The number of aromatic hydroxyl groups is 1. The summed E-state index contributed by atoms with van der Waals surface area (Å²) in [5.74, 6) is 0.530. The molecule has 1 aromatic carbocycles. The summed E-state index contributed by atoms with van der Waals surface area (Å²) >= 11 is -1.05. The maximum absolute atomic E-state index is 13.4. The molecule has 35 heavy (non-hydrogen) atoms. The Morgan fingerprint density at radius 1 is 1.17 bits per heavy atom. The van der Waals surface area contributed by atoms with E-state index in [2.05, 4.69) is 30.2 Å². The Bertz CT molecular complexity index is 1450. The lowest BCUT2D eigenvalue weighted by atomic mass is 10.1. The molecule has 1 saturated carbocycles. The molecule has 11 heteroatoms. The second-order valence-corrected chi connectivity index (χ2v) is 10.2. The first kappa shape index (κ1) is 23.2. The highest BCUT2D eigenvalue weighted by atomic mass is 32.2. The van der Waals surface area contributed by atoms with Crippen molar-refractivity contribution in [3.63, 3.8) is 0 Å². The zero-order valence-corrected chi connectivity index (χ0v) is 20.4. The molecule has 0 aliphatic heterocycles. The SMILES string of the molecule is CC(C)n1c(=O)c(NCc2ccc([S+](C)[O-])cc2)nc2cnc(-c3c(O)ncnc3C3CC3)nc21. The van der Waals surface area contributed by atoms with Gasteiger partial charge in [-0.15, -0.1) is 0 Å². The summed E-state index contributed by atoms with van der Waals surface area (Å²) < 4.78 is 13.2. The van der Waals surface area contributed by atoms with E-state index in [1.54, 1.807) is 29.2 Å². The summed E-state index contributed by atoms with van der Waals surface area (Å²) in [4.78, 5) is 35.9. The monoisotopic (exact) mass is 491 g/mol. The van der Waals surface area contributed by atoms with Crippen molar-refractivity contribution >= 4 is 28.2 Å². The van der Waals surface area contributed by atoms with Gasteiger partial charge in [0.15, 0.2) is 22.2 Å². The van der Waals surface area contributed by atoms with Gasteiger partial charge < -0.3 is 15.0 Å². The number of anilines is 1. The number of hydrogen-bond acceptors (Lipinski definition) is 9. The predicted octanol–water partition coefficient (Wildman–Crippen LogP) is 3.16. The van der Waals surface area contributed by atoms with Crippen molar-refractivity contribution in [2.24, 2.45) is 0 Å². The fourth-order valence-electron chi connectivity index (χ4n) is 3.97. The second kappa shape index (κ2) is 9.23. The molecule has 1 fully saturated rings. The van der Waals surface area contributed by atoms with Crippen LogP contribution in [0.5, 0.6) is 5.88 Å². The molecule has 4 aromatic rings. The Labute approximate surface area is 204 Å². The van der Waals surface area contributed by atoms with Crippen LogP contribution in [-0.2, 0) is 17.7 Å². The third-order valence-electron chi connectivity index (χ3n) is 5.91. The van der Waals surface area contributed by atoms with Crippen molar-refractivity contribution in [3.05, 3.63) is 58.4 Å². The summed E-state index contributed by atoms with van der Waals surface area (Å²) in [5, 5.41) is 13.6. The van der Waals surface area contributed by atoms with E-state index in [4.69, 9.17) is 0 Å². The van der Waals surface area contributed by atoms with E-state index in [9.17, 15) is 14.5 Å². The maximum atomic E-state index is 13.4. The van der Waals surface area contributed by atoms with Crippen LogP contribution in [0.1, 0.15) is 49.9 Å². The van der Waals surface area contributed by atoms with Crippen LogP contribution < -0.4 is 10.9 Å². The van der Waals surface area contributed by atoms with E-state index >= 15 is 0 Å². The Morgan fingerprint density at radius 3 is 2.57 bits per heavy atom. The summed E-state index contributed by atoms with van der Waals surface area (Å²) in [6.07, 6.45) is 6.50. The Hall–Kier alpha value is -3.57. The molecule has 0 bridgehead atoms. The Balaban J connectivity index is 1.53. The third-order valence-corrected chi connectivity index (χ3v) is 6.84. The highest BCUT2D eigenvalue weighted by Gasteiger charge is 2.31. The van der Waals surface area contributed by atoms with Gasteiger partial charge in [-0.25, -0.2) is 24.9 Å². The van der Waals surface area contributed by atoms with Crippen LogP contribution in [0.3, 0.4) is 0 Å². The minimum absolute atomic E-state index is 0.177. The molecule has 1 unspecified atom stereocenters. The zero-order chi connectivity index (χ0) is 24.7. The number of aromatic nitrogens is 6. The Morgan fingerprint density at radius 2 is 1.91 bits per heavy atom. The van der Waals surface area contributed by atoms with Gasteiger partial charge in [-0.05, 0) is 55.6 Å². The Kier molecular flexibility index (Phi) is 6.12. The zero-order valence-electron chi connectivity index (χ0n) is 19.6. The van der Waals surface area contributed by atoms with Gasteiger partial charge in [0.05, 0.1) is 11.9 Å². The largest absolute Gasteiger partial charge is 0.612 e. The molecular weight excluding hydrogens is 466 g/mol. The first-order valence-corrected chi connectivity index (χ1v) is 12.9. The summed E-state index contributed by atoms with van der Waals surface area (Å²) in [6.45, 7) is 4.17. The molecule has 5 rings (SSSR count). The van der Waals surface area contributed by atoms with Gasteiger partial charge in [-0.1, -0.05) is 12.1 Å². The van der Waals surface area contributed by atoms with Gasteiger partial charge in [0.25, 0.3) is 5.56 Å². The quantitative estimate of drug-likeness (QED) is 0.373. The standard InChI is InChI=1S/C24H25N7O3S/c1-13(2)31-22-17(11-26-20(30-22)18-19(15-6-7-15)27-12-28-23(18)32)29-21(24(31)33)25-10-14-4-8-16(9-5-14)35(3)34/h4-5,8-9,11-13,15H,6-7,10H2,1-3H3,(H,25,29)(H,27,28,32). The second-order valence-electron chi connectivity index (χ2n) is 8.82. The van der Waals surface area contributed by atoms with E-state index in [1.165, 1.54) is 6.33 Å². The molecule has 10 nitrogen and oxygen atoms in total. The van der Waals surface area contributed by atoms with Crippen molar-refractivity contribution in [1.29, 1.82) is 0 Å². The lowest BCUT2D eigenvalue weighted by molar-refractivity contribution is 0.452. The van der Waals surface area contributed by atoms with Crippen molar-refractivity contribution in [2.45, 2.75) is 50.1 Å². The molecule has 0 amide bonds. The van der Waals surface area contributed by atoms with Gasteiger partial charge in [-0.2, -0.15) is 0 Å². The number of benzene rings is 1. The highest BCUT2D eigenvalue weighted by Crippen LogP contribution is 2.44. The molecule has 1 atom stereocenters. The van der Waals surface area contributed by atoms with Crippen molar-refractivity contribution in [1.82, 2.24) is 29.5 Å². The van der Waals surface area contributed by atoms with Crippen molar-refractivity contribution in [3.8, 4) is 17.3 Å². The van der Waals surface area contributed by atoms with Crippen LogP contribution in [-0.4, -0.2) is 45.4 Å². The fourth-order valence-corrected chi connectivity index (χ4v) is 4.49. The highest BCUT2D eigenvalue weighted by molar-refractivity contribution is 7.90. The van der Waals surface area contributed by atoms with Crippen LogP contribution in [0, 0.1) is 0 Å². The lowest BCUT2D eigenvalue weighted by Crippen LogP contribution is -2.27. The third kappa shape index (κ3) is 4.56. The van der Waals surface area contributed by atoms with Crippen LogP contribution in [0.4, 0.5) is 5.82 Å². The number of nitrogens with one attached hydrogen (secondary N) is 1. The molecule has 0 radical (unpaired) electrons. The lowest BCUT2D eigenvalue weighted by Gasteiger charge is -2.16. The van der Waals surface area contributed by atoms with Crippen LogP contribution >= 0.6 is 0 Å². The molecule has 1 aliphatic rings. The summed E-state index contributed by atoms with van der Waals surface area (Å²) in [5.41, 5.74) is 2.57. The van der Waals surface area contributed by atoms with Crippen LogP contribution in [0.25, 0.3) is 22.6 Å². The number of rotatable bonds is 7. The van der Waals surface area contributed by atoms with Crippen LogP contribution in [0.15, 0.2) is 46.5 Å². The van der Waals surface area contributed by atoms with Gasteiger partial charge in [0, 0.05) is 18.5 Å². The smallest absolute Gasteiger partial charge is 0.295 e. The molecule has 0 spiro atoms. The molecule has 3 aromatic heterocycles. The molecule has 3 heterocycles. The van der Waals surface area contributed by atoms with Crippen molar-refractivity contribution in [2.75, 3.05) is 11.6 Å². The van der Waals surface area contributed by atoms with Gasteiger partial charge >= 0.3 is 0 Å². The average molecular weight is 492 g/mol. The maximum Gasteiger partial charge on any atom is 0.295 e. The molecular formula is C24H25N7O3S. The molecule has 180 valence electrons. The average Bonchev–Trinajstić information content (AvgIpc) is 3.68. The van der Waals surface area contributed by atoms with Crippen LogP contribution in [0.2, 0.25) is 0 Å². The van der Waals surface area contributed by atoms with E-state index < -0.39 is 11.2 Å². The summed E-state index contributed by atoms with van der Waals surface area (Å²) in [7, 11) is 0. The normalized spacial score (nSPS) is 14.4. The van der Waals surface area contributed by atoms with E-state index in [0.29, 0.717) is 23.3 Å². The van der Waals surface area contributed by atoms with Gasteiger partial charge in [0.1, 0.15) is 23.7 Å². The van der Waals surface area contributed by atoms with Crippen molar-refractivity contribution < 1.29 is 9.66 Å². The van der Waals surface area contributed by atoms with Gasteiger partial charge in [-0.3, -0.25) is 9.36 Å².